The average Bonchev–Trinajstić information content (AvgIpc) is 2.76. The molecule has 6 heteroatoms. The van der Waals surface area contributed by atoms with Gasteiger partial charge in [-0.25, -0.2) is 0 Å². The number of pyridine rings is 1. The number of aliphatic hydroxyl groups excluding tert-OH is 1. The summed E-state index contributed by atoms with van der Waals surface area (Å²) in [5, 5.41) is 16.1. The molecule has 0 aliphatic rings. The third-order valence-corrected chi connectivity index (χ3v) is 4.28. The van der Waals surface area contributed by atoms with Gasteiger partial charge in [0, 0.05) is 30.7 Å². The molecule has 0 fully saturated rings. The van der Waals surface area contributed by atoms with E-state index >= 15 is 0 Å². The van der Waals surface area contributed by atoms with Crippen molar-refractivity contribution in [3.63, 3.8) is 0 Å². The second-order valence-corrected chi connectivity index (χ2v) is 6.55. The molecule has 0 bridgehead atoms. The molecule has 0 radical (unpaired) electrons. The number of aliphatic hydroxyl groups is 1. The number of nitrogens with one attached hydrogen (secondary N) is 2. The molecule has 2 aromatic carbocycles. The van der Waals surface area contributed by atoms with E-state index < -0.39 is 6.10 Å². The number of benzene rings is 2. The average molecular weight is 391 g/mol. The van der Waals surface area contributed by atoms with Crippen LogP contribution in [0.1, 0.15) is 17.4 Å². The first-order chi connectivity index (χ1) is 14.2. The Morgan fingerprint density at radius 2 is 1.76 bits per heavy atom. The molecule has 0 spiro atoms. The fraction of sp³-hybridized carbons (Fsp3) is 0.217. The summed E-state index contributed by atoms with van der Waals surface area (Å²) in [5.41, 5.74) is 2.33. The number of hydrogen-bond acceptors (Lipinski definition) is 5. The van der Waals surface area contributed by atoms with Gasteiger partial charge in [-0.3, -0.25) is 9.78 Å². The van der Waals surface area contributed by atoms with Gasteiger partial charge in [0.2, 0.25) is 5.91 Å². The number of anilines is 1. The van der Waals surface area contributed by atoms with Crippen LogP contribution in [0.15, 0.2) is 79.0 Å². The van der Waals surface area contributed by atoms with Crippen LogP contribution in [0.4, 0.5) is 5.69 Å². The van der Waals surface area contributed by atoms with Gasteiger partial charge in [-0.2, -0.15) is 0 Å². The molecule has 0 saturated carbocycles. The van der Waals surface area contributed by atoms with Crippen LogP contribution in [0.5, 0.6) is 5.75 Å². The van der Waals surface area contributed by atoms with Crippen LogP contribution < -0.4 is 15.4 Å². The fourth-order valence-electron chi connectivity index (χ4n) is 2.78. The van der Waals surface area contributed by atoms with E-state index in [0.29, 0.717) is 25.4 Å². The van der Waals surface area contributed by atoms with Gasteiger partial charge in [-0.1, -0.05) is 36.4 Å². The second-order valence-electron chi connectivity index (χ2n) is 6.55. The van der Waals surface area contributed by atoms with Gasteiger partial charge >= 0.3 is 0 Å². The number of ether oxygens (including phenoxy) is 1. The molecule has 1 heterocycles. The van der Waals surface area contributed by atoms with Crippen LogP contribution in [0, 0.1) is 0 Å². The van der Waals surface area contributed by atoms with Crippen LogP contribution in [0.2, 0.25) is 0 Å². The van der Waals surface area contributed by atoms with Crippen molar-refractivity contribution in [1.29, 1.82) is 0 Å². The van der Waals surface area contributed by atoms with Crippen molar-refractivity contribution in [1.82, 2.24) is 10.3 Å². The molecular formula is C23H25N3O3. The number of aromatic nitrogens is 1. The highest BCUT2D eigenvalue weighted by Crippen LogP contribution is 2.16. The summed E-state index contributed by atoms with van der Waals surface area (Å²) >= 11 is 0. The Bertz CT molecular complexity index is 871. The quantitative estimate of drug-likeness (QED) is 0.463. The molecule has 1 aromatic heterocycles. The monoisotopic (exact) mass is 391 g/mol. The molecule has 3 aromatic rings. The van der Waals surface area contributed by atoms with Crippen LogP contribution in [-0.4, -0.2) is 35.7 Å². The van der Waals surface area contributed by atoms with Crippen LogP contribution >= 0.6 is 0 Å². The molecule has 1 amide bonds. The number of carbonyl (C=O) groups excluding carboxylic acids is 1. The normalized spacial score (nSPS) is 11.6. The topological polar surface area (TPSA) is 83.5 Å². The Hall–Kier alpha value is -3.22. The Morgan fingerprint density at radius 1 is 1.00 bits per heavy atom. The maximum absolute atomic E-state index is 12.1. The molecule has 3 rings (SSSR count). The zero-order valence-corrected chi connectivity index (χ0v) is 16.1. The van der Waals surface area contributed by atoms with E-state index in [2.05, 4.69) is 15.6 Å². The lowest BCUT2D eigenvalue weighted by Crippen LogP contribution is -2.26. The minimum Gasteiger partial charge on any atom is -0.492 e. The highest BCUT2D eigenvalue weighted by molar-refractivity contribution is 5.92. The molecular weight excluding hydrogens is 366 g/mol. The van der Waals surface area contributed by atoms with Gasteiger partial charge in [-0.15, -0.1) is 0 Å². The van der Waals surface area contributed by atoms with Crippen molar-refractivity contribution >= 4 is 11.6 Å². The van der Waals surface area contributed by atoms with E-state index in [1.54, 1.807) is 18.3 Å². The predicted octanol–water partition coefficient (Wildman–Crippen LogP) is 2.96. The van der Waals surface area contributed by atoms with Crippen molar-refractivity contribution in [2.75, 3.05) is 25.0 Å². The summed E-state index contributed by atoms with van der Waals surface area (Å²) in [6, 6.07) is 22.3. The van der Waals surface area contributed by atoms with E-state index in [0.717, 1.165) is 17.0 Å². The Labute approximate surface area is 170 Å². The minimum absolute atomic E-state index is 0.112. The van der Waals surface area contributed by atoms with E-state index in [4.69, 9.17) is 4.74 Å². The second kappa shape index (κ2) is 10.9. The highest BCUT2D eigenvalue weighted by Gasteiger charge is 2.06. The minimum atomic E-state index is -0.537. The Kier molecular flexibility index (Phi) is 7.74. The van der Waals surface area contributed by atoms with Gasteiger partial charge in [-0.05, 0) is 42.0 Å². The summed E-state index contributed by atoms with van der Waals surface area (Å²) in [6.45, 7) is 1.56. The molecule has 29 heavy (non-hydrogen) atoms. The highest BCUT2D eigenvalue weighted by atomic mass is 16.5. The first-order valence-corrected chi connectivity index (χ1v) is 9.57. The number of rotatable bonds is 10. The zero-order valence-electron chi connectivity index (χ0n) is 16.1. The maximum atomic E-state index is 12.1. The Morgan fingerprint density at radius 3 is 2.48 bits per heavy atom. The summed E-state index contributed by atoms with van der Waals surface area (Å²) in [4.78, 5) is 16.2. The third kappa shape index (κ3) is 7.03. The van der Waals surface area contributed by atoms with E-state index in [1.807, 2.05) is 60.7 Å². The van der Waals surface area contributed by atoms with Crippen LogP contribution in [0.25, 0.3) is 0 Å². The van der Waals surface area contributed by atoms with Gasteiger partial charge in [0.1, 0.15) is 12.4 Å². The lowest BCUT2D eigenvalue weighted by atomic mass is 10.1. The third-order valence-electron chi connectivity index (χ3n) is 4.28. The summed E-state index contributed by atoms with van der Waals surface area (Å²) in [5.74, 6) is 0.608. The van der Waals surface area contributed by atoms with Gasteiger partial charge in [0.15, 0.2) is 0 Å². The number of nitrogens with zero attached hydrogens (tertiary/aromatic N) is 1. The Balaban J connectivity index is 1.34. The summed E-state index contributed by atoms with van der Waals surface area (Å²) in [6.07, 6.45) is 1.37. The molecule has 3 N–H and O–H groups in total. The predicted molar refractivity (Wildman–Crippen MR) is 113 cm³/mol. The fourth-order valence-corrected chi connectivity index (χ4v) is 2.78. The number of carbonyl (C=O) groups is 1. The van der Waals surface area contributed by atoms with E-state index in [1.165, 1.54) is 0 Å². The van der Waals surface area contributed by atoms with Gasteiger partial charge in [0.25, 0.3) is 0 Å². The largest absolute Gasteiger partial charge is 0.492 e. The summed E-state index contributed by atoms with van der Waals surface area (Å²) < 4.78 is 5.68. The summed E-state index contributed by atoms with van der Waals surface area (Å²) in [7, 11) is 0. The first kappa shape index (κ1) is 20.5. The molecule has 0 saturated heterocycles. The van der Waals surface area contributed by atoms with Crippen molar-refractivity contribution in [3.8, 4) is 5.75 Å². The zero-order chi connectivity index (χ0) is 20.3. The van der Waals surface area contributed by atoms with Crippen molar-refractivity contribution in [2.45, 2.75) is 12.5 Å². The van der Waals surface area contributed by atoms with Crippen LogP contribution in [0.3, 0.4) is 0 Å². The lowest BCUT2D eigenvalue weighted by molar-refractivity contribution is -0.115. The molecule has 0 aliphatic heterocycles. The maximum Gasteiger partial charge on any atom is 0.230 e. The van der Waals surface area contributed by atoms with Gasteiger partial charge < -0.3 is 20.5 Å². The standard InChI is InChI=1S/C23H25N3O3/c27-22(18-6-2-1-3-7-18)17-24-14-15-29-21-11-9-19(10-12-21)26-23(28)16-20-8-4-5-13-25-20/h1-13,22,24,27H,14-17H2,(H,26,28)/t22-/m0/s1. The molecule has 0 unspecified atom stereocenters. The molecule has 1 atom stereocenters. The van der Waals surface area contributed by atoms with E-state index in [9.17, 15) is 9.90 Å². The lowest BCUT2D eigenvalue weighted by Gasteiger charge is -2.13. The van der Waals surface area contributed by atoms with Crippen molar-refractivity contribution in [2.24, 2.45) is 0 Å². The van der Waals surface area contributed by atoms with Crippen molar-refractivity contribution < 1.29 is 14.6 Å². The smallest absolute Gasteiger partial charge is 0.230 e. The molecule has 6 nitrogen and oxygen atoms in total. The number of hydrogen-bond donors (Lipinski definition) is 3. The van der Waals surface area contributed by atoms with E-state index in [-0.39, 0.29) is 12.3 Å². The molecule has 0 aliphatic carbocycles. The van der Waals surface area contributed by atoms with Gasteiger partial charge in [0.05, 0.1) is 12.5 Å². The van der Waals surface area contributed by atoms with Crippen molar-refractivity contribution in [3.05, 3.63) is 90.3 Å². The SMILES string of the molecule is O=C(Cc1ccccn1)Nc1ccc(OCCNC[C@H](O)c2ccccc2)cc1. The van der Waals surface area contributed by atoms with Crippen LogP contribution in [-0.2, 0) is 11.2 Å². The first-order valence-electron chi connectivity index (χ1n) is 9.57. The number of amides is 1. The molecule has 150 valence electrons.